The molecule has 1 aromatic carbocycles. The van der Waals surface area contributed by atoms with Crippen LogP contribution in [0.15, 0.2) is 28.8 Å². The Morgan fingerprint density at radius 3 is 3.05 bits per heavy atom. The summed E-state index contributed by atoms with van der Waals surface area (Å²) in [4.78, 5) is 14.8. The normalized spacial score (nSPS) is 10.4. The molecule has 0 radical (unpaired) electrons. The molecule has 0 aliphatic carbocycles. The van der Waals surface area contributed by atoms with Crippen LogP contribution in [-0.2, 0) is 24.2 Å². The third-order valence-electron chi connectivity index (χ3n) is 2.60. The molecule has 20 heavy (non-hydrogen) atoms. The quantitative estimate of drug-likeness (QED) is 0.834. The van der Waals surface area contributed by atoms with Gasteiger partial charge in [-0.05, 0) is 24.1 Å². The molecule has 1 heterocycles. The van der Waals surface area contributed by atoms with Gasteiger partial charge >= 0.3 is 5.97 Å². The molecular formula is C14H16N2O4. The van der Waals surface area contributed by atoms with Gasteiger partial charge in [0.25, 0.3) is 5.89 Å². The SMILES string of the molecule is CCCc1noc(COc2cccc(CC(=O)O)c2)n1. The number of aromatic nitrogens is 2. The summed E-state index contributed by atoms with van der Waals surface area (Å²) in [7, 11) is 0. The second-order valence-corrected chi connectivity index (χ2v) is 4.36. The highest BCUT2D eigenvalue weighted by molar-refractivity contribution is 5.70. The molecular weight excluding hydrogens is 260 g/mol. The maximum Gasteiger partial charge on any atom is 0.307 e. The molecule has 0 atom stereocenters. The third-order valence-corrected chi connectivity index (χ3v) is 2.60. The second-order valence-electron chi connectivity index (χ2n) is 4.36. The van der Waals surface area contributed by atoms with E-state index in [1.165, 1.54) is 0 Å². The van der Waals surface area contributed by atoms with E-state index in [0.29, 0.717) is 23.0 Å². The van der Waals surface area contributed by atoms with Crippen LogP contribution in [0.5, 0.6) is 5.75 Å². The first-order chi connectivity index (χ1) is 9.67. The molecule has 2 aromatic rings. The fraction of sp³-hybridized carbons (Fsp3) is 0.357. The number of carbonyl (C=O) groups is 1. The third kappa shape index (κ3) is 4.08. The van der Waals surface area contributed by atoms with Gasteiger partial charge in [0.05, 0.1) is 6.42 Å². The lowest BCUT2D eigenvalue weighted by molar-refractivity contribution is -0.136. The first kappa shape index (κ1) is 14.0. The summed E-state index contributed by atoms with van der Waals surface area (Å²) < 4.78 is 10.6. The summed E-state index contributed by atoms with van der Waals surface area (Å²) in [5, 5.41) is 12.6. The van der Waals surface area contributed by atoms with Crippen molar-refractivity contribution >= 4 is 5.97 Å². The molecule has 6 nitrogen and oxygen atoms in total. The van der Waals surface area contributed by atoms with Crippen LogP contribution in [-0.4, -0.2) is 21.2 Å². The molecule has 1 aromatic heterocycles. The highest BCUT2D eigenvalue weighted by atomic mass is 16.5. The first-order valence-electron chi connectivity index (χ1n) is 6.42. The van der Waals surface area contributed by atoms with Crippen LogP contribution in [0.1, 0.15) is 30.6 Å². The van der Waals surface area contributed by atoms with Gasteiger partial charge in [-0.15, -0.1) is 0 Å². The minimum Gasteiger partial charge on any atom is -0.484 e. The molecule has 6 heteroatoms. The van der Waals surface area contributed by atoms with E-state index in [1.54, 1.807) is 24.3 Å². The topological polar surface area (TPSA) is 85.5 Å². The van der Waals surface area contributed by atoms with Gasteiger partial charge in [-0.2, -0.15) is 4.98 Å². The molecule has 1 N–H and O–H groups in total. The van der Waals surface area contributed by atoms with Crippen LogP contribution in [0.2, 0.25) is 0 Å². The van der Waals surface area contributed by atoms with Crippen LogP contribution < -0.4 is 4.74 Å². The standard InChI is InChI=1S/C14H16N2O4/c1-2-4-12-15-13(20-16-12)9-19-11-6-3-5-10(7-11)8-14(17)18/h3,5-7H,2,4,8-9H2,1H3,(H,17,18). The number of hydrogen-bond donors (Lipinski definition) is 1. The van der Waals surface area contributed by atoms with Gasteiger partial charge in [-0.3, -0.25) is 4.79 Å². The van der Waals surface area contributed by atoms with Gasteiger partial charge in [-0.1, -0.05) is 24.2 Å². The minimum atomic E-state index is -0.872. The van der Waals surface area contributed by atoms with Crippen molar-refractivity contribution in [3.63, 3.8) is 0 Å². The summed E-state index contributed by atoms with van der Waals surface area (Å²) >= 11 is 0. The van der Waals surface area contributed by atoms with Crippen LogP contribution in [0.25, 0.3) is 0 Å². The number of ether oxygens (including phenoxy) is 1. The molecule has 2 rings (SSSR count). The molecule has 0 aliphatic rings. The van der Waals surface area contributed by atoms with Crippen molar-refractivity contribution in [2.24, 2.45) is 0 Å². The Labute approximate surface area is 116 Å². The smallest absolute Gasteiger partial charge is 0.307 e. The predicted molar refractivity (Wildman–Crippen MR) is 70.4 cm³/mol. The van der Waals surface area contributed by atoms with Crippen molar-refractivity contribution < 1.29 is 19.2 Å². The molecule has 0 bridgehead atoms. The molecule has 0 aliphatic heterocycles. The molecule has 0 spiro atoms. The highest BCUT2D eigenvalue weighted by Gasteiger charge is 2.07. The maximum atomic E-state index is 10.6. The highest BCUT2D eigenvalue weighted by Crippen LogP contribution is 2.15. The first-order valence-corrected chi connectivity index (χ1v) is 6.42. The van der Waals surface area contributed by atoms with E-state index in [1.807, 2.05) is 6.92 Å². The number of carboxylic acids is 1. The van der Waals surface area contributed by atoms with Crippen LogP contribution in [0, 0.1) is 0 Å². The van der Waals surface area contributed by atoms with Crippen molar-refractivity contribution in [1.82, 2.24) is 10.1 Å². The van der Waals surface area contributed by atoms with Gasteiger partial charge in [0.1, 0.15) is 5.75 Å². The molecule has 0 saturated heterocycles. The molecule has 0 saturated carbocycles. The van der Waals surface area contributed by atoms with E-state index in [0.717, 1.165) is 12.8 Å². The van der Waals surface area contributed by atoms with Crippen LogP contribution >= 0.6 is 0 Å². The Morgan fingerprint density at radius 2 is 2.30 bits per heavy atom. The van der Waals surface area contributed by atoms with E-state index in [9.17, 15) is 4.79 Å². The Hall–Kier alpha value is -2.37. The van der Waals surface area contributed by atoms with Crippen LogP contribution in [0.4, 0.5) is 0 Å². The maximum absolute atomic E-state index is 10.6. The molecule has 106 valence electrons. The zero-order valence-corrected chi connectivity index (χ0v) is 11.2. The van der Waals surface area contributed by atoms with E-state index in [-0.39, 0.29) is 13.0 Å². The summed E-state index contributed by atoms with van der Waals surface area (Å²) in [6, 6.07) is 6.95. The van der Waals surface area contributed by atoms with E-state index >= 15 is 0 Å². The van der Waals surface area contributed by atoms with Gasteiger partial charge in [-0.25, -0.2) is 0 Å². The Balaban J connectivity index is 1.94. The largest absolute Gasteiger partial charge is 0.484 e. The van der Waals surface area contributed by atoms with Crippen molar-refractivity contribution in [2.45, 2.75) is 32.8 Å². The number of aryl methyl sites for hydroxylation is 1. The number of rotatable bonds is 7. The Kier molecular flexibility index (Phi) is 4.70. The monoisotopic (exact) mass is 276 g/mol. The van der Waals surface area contributed by atoms with Crippen molar-refractivity contribution in [3.8, 4) is 5.75 Å². The zero-order chi connectivity index (χ0) is 14.4. The van der Waals surface area contributed by atoms with Crippen LogP contribution in [0.3, 0.4) is 0 Å². The number of nitrogens with zero attached hydrogens (tertiary/aromatic N) is 2. The van der Waals surface area contributed by atoms with E-state index in [4.69, 9.17) is 14.4 Å². The minimum absolute atomic E-state index is 0.0294. The fourth-order valence-electron chi connectivity index (χ4n) is 1.74. The number of hydrogen-bond acceptors (Lipinski definition) is 5. The Bertz CT molecular complexity index is 580. The van der Waals surface area contributed by atoms with Crippen molar-refractivity contribution in [3.05, 3.63) is 41.5 Å². The molecule has 0 unspecified atom stereocenters. The van der Waals surface area contributed by atoms with Crippen molar-refractivity contribution in [1.29, 1.82) is 0 Å². The van der Waals surface area contributed by atoms with Gasteiger partial charge in [0.2, 0.25) is 0 Å². The fourth-order valence-corrected chi connectivity index (χ4v) is 1.74. The average Bonchev–Trinajstić information content (AvgIpc) is 2.84. The van der Waals surface area contributed by atoms with Gasteiger partial charge in [0, 0.05) is 6.42 Å². The lowest BCUT2D eigenvalue weighted by Gasteiger charge is -2.04. The average molecular weight is 276 g/mol. The lowest BCUT2D eigenvalue weighted by Crippen LogP contribution is -2.01. The number of carboxylic acid groups (broad SMARTS) is 1. The summed E-state index contributed by atoms with van der Waals surface area (Å²) in [6.07, 6.45) is 1.70. The zero-order valence-electron chi connectivity index (χ0n) is 11.2. The summed E-state index contributed by atoms with van der Waals surface area (Å²) in [5.74, 6) is 0.796. The van der Waals surface area contributed by atoms with Gasteiger partial charge in [0.15, 0.2) is 12.4 Å². The second kappa shape index (κ2) is 6.70. The lowest BCUT2D eigenvalue weighted by atomic mass is 10.1. The Morgan fingerprint density at radius 1 is 1.45 bits per heavy atom. The number of benzene rings is 1. The summed E-state index contributed by atoms with van der Waals surface area (Å²) in [5.41, 5.74) is 0.687. The van der Waals surface area contributed by atoms with Crippen molar-refractivity contribution in [2.75, 3.05) is 0 Å². The van der Waals surface area contributed by atoms with E-state index in [2.05, 4.69) is 10.1 Å². The summed E-state index contributed by atoms with van der Waals surface area (Å²) in [6.45, 7) is 2.22. The van der Waals surface area contributed by atoms with Gasteiger partial charge < -0.3 is 14.4 Å². The predicted octanol–water partition coefficient (Wildman–Crippen LogP) is 2.23. The number of aliphatic carboxylic acids is 1. The molecule has 0 amide bonds. The van der Waals surface area contributed by atoms with E-state index < -0.39 is 5.97 Å². The molecule has 0 fully saturated rings.